The average Bonchev–Trinajstić information content (AvgIpc) is 2.67. The van der Waals surface area contributed by atoms with Crippen molar-refractivity contribution < 1.29 is 27.5 Å². The van der Waals surface area contributed by atoms with Crippen molar-refractivity contribution >= 4 is 21.8 Å². The number of rotatable bonds is 6. The van der Waals surface area contributed by atoms with Gasteiger partial charge in [0.05, 0.1) is 23.7 Å². The van der Waals surface area contributed by atoms with Gasteiger partial charge in [-0.1, -0.05) is 6.07 Å². The highest BCUT2D eigenvalue weighted by atomic mass is 32.2. The van der Waals surface area contributed by atoms with Crippen molar-refractivity contribution in [2.24, 2.45) is 5.73 Å². The molecule has 0 bridgehead atoms. The standard InChI is InChI=1S/C18H21N3O6S/c1-12-3-4-14(18(23)27-11-16(22)15(10-19)13(2)20)9-17(12)28(24,25)21-5-7-26-8-6-21/h3-4,9H,5-8,11,20H2,1-2H3/b15-13-. The van der Waals surface area contributed by atoms with Crippen LogP contribution in [0.1, 0.15) is 22.8 Å². The van der Waals surface area contributed by atoms with Gasteiger partial charge in [0.2, 0.25) is 15.8 Å². The zero-order valence-electron chi connectivity index (χ0n) is 15.6. The zero-order chi connectivity index (χ0) is 20.9. The maximum atomic E-state index is 12.9. The predicted molar refractivity (Wildman–Crippen MR) is 98.5 cm³/mol. The first kappa shape index (κ1) is 21.6. The molecule has 0 spiro atoms. The number of nitrogens with two attached hydrogens (primary N) is 1. The lowest BCUT2D eigenvalue weighted by molar-refractivity contribution is -0.118. The lowest BCUT2D eigenvalue weighted by Gasteiger charge is -2.26. The molecule has 1 heterocycles. The largest absolute Gasteiger partial charge is 0.454 e. The van der Waals surface area contributed by atoms with Gasteiger partial charge in [0.25, 0.3) is 0 Å². The summed E-state index contributed by atoms with van der Waals surface area (Å²) in [6.07, 6.45) is 0. The highest BCUT2D eigenvalue weighted by Gasteiger charge is 2.28. The molecule has 1 aliphatic heterocycles. The molecule has 0 saturated carbocycles. The Bertz CT molecular complexity index is 952. The third-order valence-electron chi connectivity index (χ3n) is 4.13. The molecule has 28 heavy (non-hydrogen) atoms. The number of sulfonamides is 1. The van der Waals surface area contributed by atoms with Gasteiger partial charge in [0.15, 0.2) is 6.61 Å². The molecule has 1 saturated heterocycles. The van der Waals surface area contributed by atoms with E-state index >= 15 is 0 Å². The van der Waals surface area contributed by atoms with Crippen LogP contribution >= 0.6 is 0 Å². The van der Waals surface area contributed by atoms with Crippen molar-refractivity contribution in [3.63, 3.8) is 0 Å². The monoisotopic (exact) mass is 407 g/mol. The van der Waals surface area contributed by atoms with Crippen LogP contribution in [0.5, 0.6) is 0 Å². The molecule has 0 aliphatic carbocycles. The first-order chi connectivity index (χ1) is 13.2. The SMILES string of the molecule is C/C(N)=C(\C#N)C(=O)COC(=O)c1ccc(C)c(S(=O)(=O)N2CCOCC2)c1. The Morgan fingerprint density at radius 3 is 2.54 bits per heavy atom. The van der Waals surface area contributed by atoms with E-state index in [-0.39, 0.29) is 34.8 Å². The van der Waals surface area contributed by atoms with E-state index in [1.54, 1.807) is 13.0 Å². The second-order valence-electron chi connectivity index (χ2n) is 6.17. The lowest BCUT2D eigenvalue weighted by atomic mass is 10.1. The third kappa shape index (κ3) is 4.75. The fourth-order valence-corrected chi connectivity index (χ4v) is 4.25. The second kappa shape index (κ2) is 8.97. The minimum absolute atomic E-state index is 0.00871. The number of Topliss-reactive ketones (excluding diaryl/α,β-unsaturated/α-hetero) is 1. The van der Waals surface area contributed by atoms with E-state index in [1.165, 1.54) is 29.4 Å². The van der Waals surface area contributed by atoms with Crippen molar-refractivity contribution in [2.75, 3.05) is 32.9 Å². The maximum absolute atomic E-state index is 12.9. The molecule has 0 radical (unpaired) electrons. The number of morpholine rings is 1. The van der Waals surface area contributed by atoms with E-state index in [1.807, 2.05) is 0 Å². The predicted octanol–water partition coefficient (Wildman–Crippen LogP) is 0.498. The number of ketones is 1. The van der Waals surface area contributed by atoms with Crippen LogP contribution in [0.3, 0.4) is 0 Å². The van der Waals surface area contributed by atoms with E-state index in [9.17, 15) is 18.0 Å². The summed E-state index contributed by atoms with van der Waals surface area (Å²) in [5.41, 5.74) is 5.64. The number of nitrogens with zero attached hydrogens (tertiary/aromatic N) is 2. The fourth-order valence-electron chi connectivity index (χ4n) is 2.59. The summed E-state index contributed by atoms with van der Waals surface area (Å²) in [6.45, 7) is 3.41. The summed E-state index contributed by atoms with van der Waals surface area (Å²) >= 11 is 0. The molecule has 0 amide bonds. The molecule has 1 fully saturated rings. The molecule has 0 unspecified atom stereocenters. The number of allylic oxidation sites excluding steroid dienone is 1. The number of carbonyl (C=O) groups is 2. The van der Waals surface area contributed by atoms with Crippen LogP contribution in [0.25, 0.3) is 0 Å². The Morgan fingerprint density at radius 2 is 1.96 bits per heavy atom. The Kier molecular flexibility index (Phi) is 6.90. The number of hydrogen-bond acceptors (Lipinski definition) is 8. The second-order valence-corrected chi connectivity index (χ2v) is 8.07. The quantitative estimate of drug-likeness (QED) is 0.408. The van der Waals surface area contributed by atoms with Crippen LogP contribution in [-0.4, -0.2) is 57.4 Å². The van der Waals surface area contributed by atoms with E-state index in [0.29, 0.717) is 18.8 Å². The lowest BCUT2D eigenvalue weighted by Crippen LogP contribution is -2.40. The van der Waals surface area contributed by atoms with E-state index in [4.69, 9.17) is 20.5 Å². The number of aryl methyl sites for hydroxylation is 1. The van der Waals surface area contributed by atoms with Gasteiger partial charge < -0.3 is 15.2 Å². The normalized spacial score (nSPS) is 16.0. The molecule has 10 heteroatoms. The average molecular weight is 407 g/mol. The van der Waals surface area contributed by atoms with Crippen molar-refractivity contribution in [3.05, 3.63) is 40.6 Å². The van der Waals surface area contributed by atoms with E-state index in [2.05, 4.69) is 0 Å². The van der Waals surface area contributed by atoms with Gasteiger partial charge in [-0.2, -0.15) is 9.57 Å². The minimum Gasteiger partial charge on any atom is -0.454 e. The summed E-state index contributed by atoms with van der Waals surface area (Å²) in [5.74, 6) is -1.61. The highest BCUT2D eigenvalue weighted by molar-refractivity contribution is 7.89. The minimum atomic E-state index is -3.80. The molecular formula is C18H21N3O6S. The molecule has 1 aromatic rings. The fraction of sp³-hybridized carbons (Fsp3) is 0.389. The molecule has 1 aliphatic rings. The van der Waals surface area contributed by atoms with Crippen LogP contribution in [0.4, 0.5) is 0 Å². The van der Waals surface area contributed by atoms with Crippen LogP contribution < -0.4 is 5.73 Å². The summed E-state index contributed by atoms with van der Waals surface area (Å²) in [6, 6.07) is 5.79. The Hall–Kier alpha value is -2.74. The summed E-state index contributed by atoms with van der Waals surface area (Å²) in [7, 11) is -3.80. The van der Waals surface area contributed by atoms with Crippen LogP contribution in [0, 0.1) is 18.3 Å². The number of benzene rings is 1. The molecular weight excluding hydrogens is 386 g/mol. The van der Waals surface area contributed by atoms with Crippen molar-refractivity contribution in [2.45, 2.75) is 18.7 Å². The summed E-state index contributed by atoms with van der Waals surface area (Å²) < 4.78 is 37.1. The molecule has 2 N–H and O–H groups in total. The molecule has 9 nitrogen and oxygen atoms in total. The number of hydrogen-bond donors (Lipinski definition) is 1. The van der Waals surface area contributed by atoms with Gasteiger partial charge in [0, 0.05) is 18.8 Å². The smallest absolute Gasteiger partial charge is 0.338 e. The summed E-state index contributed by atoms with van der Waals surface area (Å²) in [5, 5.41) is 8.90. The Balaban J connectivity index is 2.20. The highest BCUT2D eigenvalue weighted by Crippen LogP contribution is 2.22. The molecule has 0 atom stereocenters. The van der Waals surface area contributed by atoms with Gasteiger partial charge in [-0.15, -0.1) is 0 Å². The number of carbonyl (C=O) groups excluding carboxylic acids is 2. The molecule has 2 rings (SSSR count). The third-order valence-corrected chi connectivity index (χ3v) is 6.17. The van der Waals surface area contributed by atoms with Gasteiger partial charge in [0.1, 0.15) is 11.6 Å². The first-order valence-corrected chi connectivity index (χ1v) is 9.87. The van der Waals surface area contributed by atoms with Gasteiger partial charge in [-0.05, 0) is 31.5 Å². The Morgan fingerprint density at radius 1 is 1.32 bits per heavy atom. The summed E-state index contributed by atoms with van der Waals surface area (Å²) in [4.78, 5) is 24.1. The van der Waals surface area contributed by atoms with Gasteiger partial charge >= 0.3 is 5.97 Å². The number of esters is 1. The van der Waals surface area contributed by atoms with Crippen molar-refractivity contribution in [1.29, 1.82) is 5.26 Å². The molecule has 1 aromatic carbocycles. The van der Waals surface area contributed by atoms with Crippen LogP contribution in [-0.2, 0) is 24.3 Å². The van der Waals surface area contributed by atoms with Crippen LogP contribution in [0.15, 0.2) is 34.4 Å². The number of nitriles is 1. The van der Waals surface area contributed by atoms with Crippen molar-refractivity contribution in [3.8, 4) is 6.07 Å². The molecule has 0 aromatic heterocycles. The van der Waals surface area contributed by atoms with Crippen LogP contribution in [0.2, 0.25) is 0 Å². The number of ether oxygens (including phenoxy) is 2. The Labute approximate surface area is 163 Å². The van der Waals surface area contributed by atoms with Gasteiger partial charge in [-0.25, -0.2) is 13.2 Å². The zero-order valence-corrected chi connectivity index (χ0v) is 16.4. The maximum Gasteiger partial charge on any atom is 0.338 e. The molecule has 150 valence electrons. The van der Waals surface area contributed by atoms with Gasteiger partial charge in [-0.3, -0.25) is 4.79 Å². The van der Waals surface area contributed by atoms with E-state index in [0.717, 1.165) is 0 Å². The van der Waals surface area contributed by atoms with Crippen molar-refractivity contribution in [1.82, 2.24) is 4.31 Å². The van der Waals surface area contributed by atoms with E-state index < -0.39 is 28.4 Å². The topological polar surface area (TPSA) is 140 Å². The first-order valence-electron chi connectivity index (χ1n) is 8.43.